The Morgan fingerprint density at radius 2 is 1.16 bits per heavy atom. The SMILES string of the molecule is Cc1noc(C)c1/C=C/C(=O)OCc1ccnc(-c2cc(COC(=O)/C=C/c3c(C)noc3C)ccn2)c1. The summed E-state index contributed by atoms with van der Waals surface area (Å²) in [6, 6.07) is 7.09. The average molecular weight is 515 g/mol. The van der Waals surface area contributed by atoms with Crippen LogP contribution in [0.15, 0.2) is 57.9 Å². The zero-order valence-corrected chi connectivity index (χ0v) is 21.4. The molecule has 0 aliphatic carbocycles. The topological polar surface area (TPSA) is 130 Å². The highest BCUT2D eigenvalue weighted by Gasteiger charge is 2.10. The van der Waals surface area contributed by atoms with Crippen LogP contribution in [0, 0.1) is 27.7 Å². The molecule has 10 nitrogen and oxygen atoms in total. The Morgan fingerprint density at radius 3 is 1.53 bits per heavy atom. The summed E-state index contributed by atoms with van der Waals surface area (Å²) in [6.45, 7) is 7.27. The van der Waals surface area contributed by atoms with Gasteiger partial charge in [-0.3, -0.25) is 9.97 Å². The number of carbonyl (C=O) groups excluding carboxylic acids is 2. The van der Waals surface area contributed by atoms with Gasteiger partial charge in [-0.25, -0.2) is 9.59 Å². The minimum Gasteiger partial charge on any atom is -0.458 e. The van der Waals surface area contributed by atoms with Gasteiger partial charge >= 0.3 is 11.9 Å². The molecule has 0 aromatic carbocycles. The van der Waals surface area contributed by atoms with Crippen LogP contribution in [-0.2, 0) is 32.3 Å². The Hall–Kier alpha value is -4.86. The molecule has 0 N–H and O–H groups in total. The summed E-state index contributed by atoms with van der Waals surface area (Å²) in [4.78, 5) is 33.1. The Kier molecular flexibility index (Phi) is 8.22. The van der Waals surface area contributed by atoms with E-state index in [1.54, 1.807) is 76.5 Å². The van der Waals surface area contributed by atoms with E-state index in [1.165, 1.54) is 12.2 Å². The number of pyridine rings is 2. The van der Waals surface area contributed by atoms with Crippen molar-refractivity contribution < 1.29 is 28.1 Å². The zero-order valence-electron chi connectivity index (χ0n) is 21.4. The minimum atomic E-state index is -0.492. The van der Waals surface area contributed by atoms with Gasteiger partial charge < -0.3 is 18.5 Å². The molecule has 0 saturated carbocycles. The van der Waals surface area contributed by atoms with Crippen molar-refractivity contribution in [2.75, 3.05) is 0 Å². The predicted octanol–water partition coefficient (Wildman–Crippen LogP) is 4.87. The fourth-order valence-corrected chi connectivity index (χ4v) is 3.57. The van der Waals surface area contributed by atoms with Crippen molar-refractivity contribution in [1.82, 2.24) is 20.3 Å². The van der Waals surface area contributed by atoms with Crippen molar-refractivity contribution in [2.24, 2.45) is 0 Å². The second kappa shape index (κ2) is 11.9. The third-order valence-corrected chi connectivity index (χ3v) is 5.62. The second-order valence-corrected chi connectivity index (χ2v) is 8.46. The molecule has 4 heterocycles. The summed E-state index contributed by atoms with van der Waals surface area (Å²) in [5, 5.41) is 7.70. The summed E-state index contributed by atoms with van der Waals surface area (Å²) >= 11 is 0. The van der Waals surface area contributed by atoms with Crippen LogP contribution in [0.5, 0.6) is 0 Å². The molecule has 0 aliphatic rings. The number of rotatable bonds is 9. The fourth-order valence-electron chi connectivity index (χ4n) is 3.57. The number of esters is 2. The maximum Gasteiger partial charge on any atom is 0.331 e. The van der Waals surface area contributed by atoms with E-state index >= 15 is 0 Å². The molecule has 0 fully saturated rings. The molecule has 0 saturated heterocycles. The van der Waals surface area contributed by atoms with E-state index in [1.807, 2.05) is 0 Å². The first-order chi connectivity index (χ1) is 18.3. The lowest BCUT2D eigenvalue weighted by Gasteiger charge is -2.07. The maximum absolute atomic E-state index is 12.2. The van der Waals surface area contributed by atoms with Crippen LogP contribution >= 0.6 is 0 Å². The number of hydrogen-bond donors (Lipinski definition) is 0. The molecule has 0 atom stereocenters. The molecule has 0 spiro atoms. The lowest BCUT2D eigenvalue weighted by molar-refractivity contribution is -0.139. The van der Waals surface area contributed by atoms with Gasteiger partial charge in [-0.15, -0.1) is 0 Å². The van der Waals surface area contributed by atoms with Crippen molar-refractivity contribution in [1.29, 1.82) is 0 Å². The predicted molar refractivity (Wildman–Crippen MR) is 137 cm³/mol. The Bertz CT molecular complexity index is 1360. The third-order valence-electron chi connectivity index (χ3n) is 5.62. The van der Waals surface area contributed by atoms with Crippen LogP contribution < -0.4 is 0 Å². The first-order valence-corrected chi connectivity index (χ1v) is 11.8. The van der Waals surface area contributed by atoms with Crippen LogP contribution in [0.2, 0.25) is 0 Å². The van der Waals surface area contributed by atoms with Gasteiger partial charge in [0.25, 0.3) is 0 Å². The van der Waals surface area contributed by atoms with Gasteiger partial charge in [0.2, 0.25) is 0 Å². The Balaban J connectivity index is 1.34. The molecule has 0 radical (unpaired) electrons. The van der Waals surface area contributed by atoms with Gasteiger partial charge in [0.1, 0.15) is 24.7 Å². The minimum absolute atomic E-state index is 0.0645. The van der Waals surface area contributed by atoms with Crippen LogP contribution in [-0.4, -0.2) is 32.2 Å². The number of aromatic nitrogens is 4. The highest BCUT2D eigenvalue weighted by Crippen LogP contribution is 2.19. The van der Waals surface area contributed by atoms with Crippen LogP contribution in [0.25, 0.3) is 23.5 Å². The van der Waals surface area contributed by atoms with Gasteiger partial charge in [0.15, 0.2) is 0 Å². The Morgan fingerprint density at radius 1 is 0.737 bits per heavy atom. The number of ether oxygens (including phenoxy) is 2. The van der Waals surface area contributed by atoms with Crippen molar-refractivity contribution in [3.63, 3.8) is 0 Å². The van der Waals surface area contributed by atoms with Gasteiger partial charge in [0, 0.05) is 35.7 Å². The van der Waals surface area contributed by atoms with E-state index < -0.39 is 11.9 Å². The van der Waals surface area contributed by atoms with E-state index in [9.17, 15) is 9.59 Å². The van der Waals surface area contributed by atoms with E-state index in [0.717, 1.165) is 22.3 Å². The van der Waals surface area contributed by atoms with Crippen molar-refractivity contribution in [3.05, 3.63) is 94.0 Å². The molecule has 194 valence electrons. The van der Waals surface area contributed by atoms with Gasteiger partial charge in [-0.1, -0.05) is 10.3 Å². The third kappa shape index (κ3) is 6.67. The molecule has 4 aromatic heterocycles. The fraction of sp³-hybridized carbons (Fsp3) is 0.214. The van der Waals surface area contributed by atoms with E-state index in [2.05, 4.69) is 20.3 Å². The number of aryl methyl sites for hydroxylation is 4. The van der Waals surface area contributed by atoms with Crippen LogP contribution in [0.3, 0.4) is 0 Å². The molecule has 0 bridgehead atoms. The average Bonchev–Trinajstić information content (AvgIpc) is 3.42. The van der Waals surface area contributed by atoms with Crippen molar-refractivity contribution >= 4 is 24.1 Å². The smallest absolute Gasteiger partial charge is 0.331 e. The molecular formula is C28H26N4O6. The summed E-state index contributed by atoms with van der Waals surface area (Å²) in [6.07, 6.45) is 9.15. The standard InChI is InChI=1S/C28H26N4O6/c1-17-23(19(3)37-31-17)5-7-27(33)35-15-21-9-11-29-25(13-21)26-14-22(10-12-30-26)16-36-28(34)8-6-24-18(2)32-38-20(24)4/h5-14H,15-16H2,1-4H3/b7-5+,8-6+. The molecule has 10 heteroatoms. The monoisotopic (exact) mass is 514 g/mol. The van der Waals surface area contributed by atoms with Gasteiger partial charge in [-0.2, -0.15) is 0 Å². The largest absolute Gasteiger partial charge is 0.458 e. The Labute approximate surface area is 219 Å². The van der Waals surface area contributed by atoms with E-state index in [-0.39, 0.29) is 13.2 Å². The van der Waals surface area contributed by atoms with Gasteiger partial charge in [-0.05, 0) is 75.2 Å². The van der Waals surface area contributed by atoms with Crippen molar-refractivity contribution in [3.8, 4) is 11.4 Å². The summed E-state index contributed by atoms with van der Waals surface area (Å²) in [5.41, 5.74) is 5.58. The first kappa shape index (κ1) is 26.2. The zero-order chi connectivity index (χ0) is 27.1. The number of nitrogens with zero attached hydrogens (tertiary/aromatic N) is 4. The molecule has 38 heavy (non-hydrogen) atoms. The lowest BCUT2D eigenvalue weighted by Crippen LogP contribution is -2.02. The van der Waals surface area contributed by atoms with E-state index in [0.29, 0.717) is 34.3 Å². The molecule has 4 rings (SSSR count). The summed E-state index contributed by atoms with van der Waals surface area (Å²) < 4.78 is 20.9. The van der Waals surface area contributed by atoms with Crippen molar-refractivity contribution in [2.45, 2.75) is 40.9 Å². The summed E-state index contributed by atoms with van der Waals surface area (Å²) in [7, 11) is 0. The summed E-state index contributed by atoms with van der Waals surface area (Å²) in [5.74, 6) is 0.272. The molecule has 0 aliphatic heterocycles. The normalized spacial score (nSPS) is 11.4. The number of hydrogen-bond acceptors (Lipinski definition) is 10. The molecule has 0 unspecified atom stereocenters. The molecule has 0 amide bonds. The lowest BCUT2D eigenvalue weighted by atomic mass is 10.1. The number of carbonyl (C=O) groups is 2. The maximum atomic E-state index is 12.2. The highest BCUT2D eigenvalue weighted by molar-refractivity contribution is 5.88. The second-order valence-electron chi connectivity index (χ2n) is 8.46. The molecular weight excluding hydrogens is 488 g/mol. The van der Waals surface area contributed by atoms with Crippen LogP contribution in [0.4, 0.5) is 0 Å². The van der Waals surface area contributed by atoms with Crippen LogP contribution in [0.1, 0.15) is 45.2 Å². The molecule has 4 aromatic rings. The van der Waals surface area contributed by atoms with Gasteiger partial charge in [0.05, 0.1) is 22.8 Å². The quantitative estimate of drug-likeness (QED) is 0.225. The van der Waals surface area contributed by atoms with E-state index in [4.69, 9.17) is 18.5 Å². The highest BCUT2D eigenvalue weighted by atomic mass is 16.5. The first-order valence-electron chi connectivity index (χ1n) is 11.8.